The van der Waals surface area contributed by atoms with E-state index >= 15 is 0 Å². The molecule has 4 rings (SSSR count). The second-order valence-electron chi connectivity index (χ2n) is 5.23. The van der Waals surface area contributed by atoms with Crippen molar-refractivity contribution in [3.8, 4) is 11.4 Å². The molecule has 1 aliphatic heterocycles. The lowest BCUT2D eigenvalue weighted by Gasteiger charge is -2.18. The van der Waals surface area contributed by atoms with Crippen LogP contribution in [-0.2, 0) is 0 Å². The van der Waals surface area contributed by atoms with E-state index in [9.17, 15) is 0 Å². The Morgan fingerprint density at radius 3 is 2.61 bits per heavy atom. The van der Waals surface area contributed by atoms with E-state index in [4.69, 9.17) is 5.10 Å². The van der Waals surface area contributed by atoms with E-state index in [1.165, 1.54) is 0 Å². The molecule has 0 saturated carbocycles. The van der Waals surface area contributed by atoms with Gasteiger partial charge in [0.05, 0.1) is 11.0 Å². The Labute approximate surface area is 146 Å². The summed E-state index contributed by atoms with van der Waals surface area (Å²) in [4.78, 5) is 6.27. The molecule has 2 heterocycles. The van der Waals surface area contributed by atoms with Gasteiger partial charge in [-0.25, -0.2) is 0 Å². The van der Waals surface area contributed by atoms with Gasteiger partial charge in [0.15, 0.2) is 5.82 Å². The highest BCUT2D eigenvalue weighted by Crippen LogP contribution is 2.31. The molecule has 1 atom stereocenters. The lowest BCUT2D eigenvalue weighted by Crippen LogP contribution is -2.21. The summed E-state index contributed by atoms with van der Waals surface area (Å²) in [6, 6.07) is 18.2. The maximum Gasteiger partial charge on any atom is 0.211 e. The molecule has 3 aromatic rings. The smallest absolute Gasteiger partial charge is 0.199 e. The van der Waals surface area contributed by atoms with Crippen molar-refractivity contribution in [3.05, 3.63) is 64.6 Å². The van der Waals surface area contributed by atoms with Gasteiger partial charge in [0.2, 0.25) is 5.16 Å². The first-order chi connectivity index (χ1) is 11.2. The van der Waals surface area contributed by atoms with Crippen molar-refractivity contribution in [3.63, 3.8) is 0 Å². The van der Waals surface area contributed by atoms with Crippen LogP contribution in [0.3, 0.4) is 0 Å². The van der Waals surface area contributed by atoms with Crippen LogP contribution < -0.4 is 0 Å². The number of thioether (sulfide) groups is 1. The van der Waals surface area contributed by atoms with Crippen molar-refractivity contribution in [2.24, 2.45) is 5.10 Å². The quantitative estimate of drug-likeness (QED) is 0.655. The average Bonchev–Trinajstić information content (AvgIpc) is 2.98. The van der Waals surface area contributed by atoms with E-state index < -0.39 is 0 Å². The van der Waals surface area contributed by atoms with Gasteiger partial charge in [-0.2, -0.15) is 10.1 Å². The first kappa shape index (κ1) is 14.7. The van der Waals surface area contributed by atoms with Crippen molar-refractivity contribution >= 4 is 33.4 Å². The summed E-state index contributed by atoms with van der Waals surface area (Å²) in [5.41, 5.74) is 3.12. The fourth-order valence-electron chi connectivity index (χ4n) is 2.48. The predicted octanol–water partition coefficient (Wildman–Crippen LogP) is 4.45. The monoisotopic (exact) mass is 384 g/mol. The first-order valence-corrected chi connectivity index (χ1v) is 8.92. The maximum atomic E-state index is 4.69. The zero-order valence-electron chi connectivity index (χ0n) is 12.3. The van der Waals surface area contributed by atoms with Gasteiger partial charge in [-0.05, 0) is 24.6 Å². The van der Waals surface area contributed by atoms with E-state index in [2.05, 4.69) is 45.1 Å². The fourth-order valence-corrected chi connectivity index (χ4v) is 3.80. The summed E-state index contributed by atoms with van der Waals surface area (Å²) >= 11 is 5.17. The molecule has 4 nitrogen and oxygen atoms in total. The van der Waals surface area contributed by atoms with Gasteiger partial charge >= 0.3 is 0 Å². The van der Waals surface area contributed by atoms with Crippen molar-refractivity contribution in [2.75, 3.05) is 0 Å². The van der Waals surface area contributed by atoms with Crippen LogP contribution in [0.1, 0.15) is 12.5 Å². The Hall–Kier alpha value is -1.92. The van der Waals surface area contributed by atoms with E-state index in [0.717, 1.165) is 26.5 Å². The van der Waals surface area contributed by atoms with Crippen LogP contribution in [0.2, 0.25) is 0 Å². The lowest BCUT2D eigenvalue weighted by molar-refractivity contribution is 0.654. The van der Waals surface area contributed by atoms with Gasteiger partial charge in [0.1, 0.15) is 0 Å². The van der Waals surface area contributed by atoms with Crippen LogP contribution in [0.25, 0.3) is 11.4 Å². The Morgan fingerprint density at radius 2 is 1.83 bits per heavy atom. The molecule has 23 heavy (non-hydrogen) atoms. The molecular weight excluding hydrogens is 372 g/mol. The van der Waals surface area contributed by atoms with Gasteiger partial charge in [-0.1, -0.05) is 70.2 Å². The van der Waals surface area contributed by atoms with Crippen LogP contribution in [0, 0.1) is 0 Å². The Kier molecular flexibility index (Phi) is 3.79. The van der Waals surface area contributed by atoms with Crippen molar-refractivity contribution in [1.82, 2.24) is 14.9 Å². The summed E-state index contributed by atoms with van der Waals surface area (Å²) in [7, 11) is 0. The van der Waals surface area contributed by atoms with Gasteiger partial charge in [-0.3, -0.25) is 0 Å². The summed E-state index contributed by atoms with van der Waals surface area (Å²) in [6.45, 7) is 2.15. The highest BCUT2D eigenvalue weighted by atomic mass is 79.9. The van der Waals surface area contributed by atoms with Crippen LogP contribution in [0.5, 0.6) is 0 Å². The minimum atomic E-state index is 0.240. The minimum Gasteiger partial charge on any atom is -0.199 e. The summed E-state index contributed by atoms with van der Waals surface area (Å²) in [5, 5.41) is 10.3. The number of rotatable bonds is 2. The number of hydrogen-bond acceptors (Lipinski definition) is 4. The minimum absolute atomic E-state index is 0.240. The number of halogens is 1. The molecule has 0 unspecified atom stereocenters. The third-order valence-corrected chi connectivity index (χ3v) is 5.12. The number of benzene rings is 2. The summed E-state index contributed by atoms with van der Waals surface area (Å²) in [6.07, 6.45) is 0. The van der Waals surface area contributed by atoms with Gasteiger partial charge in [0, 0.05) is 10.0 Å². The van der Waals surface area contributed by atoms with E-state index in [-0.39, 0.29) is 5.25 Å². The molecule has 0 spiro atoms. The topological polar surface area (TPSA) is 43.1 Å². The zero-order chi connectivity index (χ0) is 15.8. The van der Waals surface area contributed by atoms with Crippen LogP contribution in [-0.4, -0.2) is 25.8 Å². The molecular formula is C17H13BrN4S. The molecule has 0 N–H and O–H groups in total. The normalized spacial score (nSPS) is 16.8. The third kappa shape index (κ3) is 2.84. The van der Waals surface area contributed by atoms with Crippen LogP contribution >= 0.6 is 27.7 Å². The Morgan fingerprint density at radius 1 is 1.04 bits per heavy atom. The standard InChI is InChI=1S/C17H13BrN4S/c1-11-15(12-6-3-2-4-7-12)20-22-17(23-11)19-16(21-22)13-8-5-9-14(18)10-13/h2-11H,1H3/t11-/m1/s1. The SMILES string of the molecule is C[C@H]1Sc2nc(-c3cccc(Br)c3)nn2N=C1c1ccccc1. The van der Waals surface area contributed by atoms with E-state index in [1.54, 1.807) is 16.6 Å². The number of aromatic nitrogens is 3. The van der Waals surface area contributed by atoms with E-state index in [0.29, 0.717) is 5.82 Å². The van der Waals surface area contributed by atoms with Crippen LogP contribution in [0.15, 0.2) is 69.3 Å². The number of fused-ring (bicyclic) bond motifs is 1. The molecule has 114 valence electrons. The Balaban J connectivity index is 1.77. The van der Waals surface area contributed by atoms with Crippen molar-refractivity contribution in [2.45, 2.75) is 17.3 Å². The summed E-state index contributed by atoms with van der Waals surface area (Å²) < 4.78 is 1.01. The Bertz CT molecular complexity index is 889. The zero-order valence-corrected chi connectivity index (χ0v) is 14.8. The first-order valence-electron chi connectivity index (χ1n) is 7.24. The molecule has 1 aromatic heterocycles. The molecule has 0 fully saturated rings. The van der Waals surface area contributed by atoms with E-state index in [1.807, 2.05) is 42.5 Å². The molecule has 0 amide bonds. The lowest BCUT2D eigenvalue weighted by atomic mass is 10.1. The highest BCUT2D eigenvalue weighted by Gasteiger charge is 2.25. The number of nitrogens with zero attached hydrogens (tertiary/aromatic N) is 4. The molecule has 0 saturated heterocycles. The van der Waals surface area contributed by atoms with Crippen molar-refractivity contribution < 1.29 is 0 Å². The van der Waals surface area contributed by atoms with Gasteiger partial charge in [-0.15, -0.1) is 9.89 Å². The highest BCUT2D eigenvalue weighted by molar-refractivity contribution is 9.10. The summed E-state index contributed by atoms with van der Waals surface area (Å²) in [5.74, 6) is 0.694. The largest absolute Gasteiger partial charge is 0.211 e. The van der Waals surface area contributed by atoms with Crippen LogP contribution in [0.4, 0.5) is 0 Å². The molecule has 0 radical (unpaired) electrons. The average molecular weight is 385 g/mol. The van der Waals surface area contributed by atoms with Gasteiger partial charge < -0.3 is 0 Å². The molecule has 6 heteroatoms. The molecule has 0 bridgehead atoms. The van der Waals surface area contributed by atoms with Gasteiger partial charge in [0.25, 0.3) is 0 Å². The fraction of sp³-hybridized carbons (Fsp3) is 0.118. The predicted molar refractivity (Wildman–Crippen MR) is 96.9 cm³/mol. The molecule has 2 aromatic carbocycles. The second kappa shape index (κ2) is 5.94. The second-order valence-corrected chi connectivity index (χ2v) is 7.45. The maximum absolute atomic E-state index is 4.69. The molecule has 1 aliphatic rings. The van der Waals surface area contributed by atoms with Crippen molar-refractivity contribution in [1.29, 1.82) is 0 Å². The molecule has 0 aliphatic carbocycles. The third-order valence-electron chi connectivity index (χ3n) is 3.58. The number of hydrogen-bond donors (Lipinski definition) is 0.